The number of hydrogen-bond donors (Lipinski definition) is 2. The van der Waals surface area contributed by atoms with Gasteiger partial charge in [0.05, 0.1) is 13.1 Å². The van der Waals surface area contributed by atoms with Crippen molar-refractivity contribution in [3.63, 3.8) is 0 Å². The molecule has 2 amide bonds. The molecule has 0 spiro atoms. The summed E-state index contributed by atoms with van der Waals surface area (Å²) in [7, 11) is 0. The van der Waals surface area contributed by atoms with Crippen LogP contribution in [-0.4, -0.2) is 42.4 Å². The maximum atomic E-state index is 13.2. The predicted octanol–water partition coefficient (Wildman–Crippen LogP) is 0.434. The van der Waals surface area contributed by atoms with Gasteiger partial charge in [0.2, 0.25) is 11.8 Å². The molecule has 0 saturated carbocycles. The van der Waals surface area contributed by atoms with Crippen LogP contribution in [-0.2, 0) is 16.0 Å². The van der Waals surface area contributed by atoms with Gasteiger partial charge < -0.3 is 16.0 Å². The van der Waals surface area contributed by atoms with Gasteiger partial charge in [0.15, 0.2) is 0 Å². The first-order valence-corrected chi connectivity index (χ1v) is 7.11. The zero-order valence-electron chi connectivity index (χ0n) is 11.8. The first kappa shape index (κ1) is 15.4. The highest BCUT2D eigenvalue weighted by Gasteiger charge is 2.28. The molecule has 1 heterocycles. The molecule has 114 valence electrons. The van der Waals surface area contributed by atoms with E-state index in [0.29, 0.717) is 13.0 Å². The molecule has 6 heteroatoms. The minimum Gasteiger partial charge on any atom is -0.346 e. The van der Waals surface area contributed by atoms with Crippen molar-refractivity contribution < 1.29 is 14.0 Å². The molecular formula is C15H20FN3O2. The summed E-state index contributed by atoms with van der Waals surface area (Å²) < 4.78 is 13.2. The topological polar surface area (TPSA) is 75.4 Å². The summed E-state index contributed by atoms with van der Waals surface area (Å²) in [4.78, 5) is 25.0. The van der Waals surface area contributed by atoms with E-state index in [4.69, 9.17) is 5.73 Å². The zero-order chi connectivity index (χ0) is 15.2. The third kappa shape index (κ3) is 4.26. The highest BCUT2D eigenvalue weighted by atomic mass is 19.1. The number of carbonyl (C=O) groups excluding carboxylic acids is 2. The lowest BCUT2D eigenvalue weighted by Gasteiger charge is -2.25. The van der Waals surface area contributed by atoms with Crippen molar-refractivity contribution in [1.82, 2.24) is 10.2 Å². The van der Waals surface area contributed by atoms with Crippen LogP contribution in [0.1, 0.15) is 18.4 Å². The van der Waals surface area contributed by atoms with Gasteiger partial charge in [-0.3, -0.25) is 9.59 Å². The lowest BCUT2D eigenvalue weighted by molar-refractivity contribution is -0.133. The standard InChI is InChI=1S/C15H20FN3O2/c16-12-4-1-3-11(7-12)8-13-5-2-6-19(13)15(21)10-18-14(20)9-17/h1,3-4,7,13H,2,5-6,8-10,17H2,(H,18,20). The quantitative estimate of drug-likeness (QED) is 0.827. The summed E-state index contributed by atoms with van der Waals surface area (Å²) in [5, 5.41) is 2.49. The SMILES string of the molecule is NCC(=O)NCC(=O)N1CCCC1Cc1cccc(F)c1. The Bertz CT molecular complexity index is 521. The normalized spacial score (nSPS) is 17.8. The van der Waals surface area contributed by atoms with E-state index in [2.05, 4.69) is 5.32 Å². The van der Waals surface area contributed by atoms with E-state index in [9.17, 15) is 14.0 Å². The van der Waals surface area contributed by atoms with E-state index in [-0.39, 0.29) is 36.8 Å². The van der Waals surface area contributed by atoms with Gasteiger partial charge in [-0.15, -0.1) is 0 Å². The second-order valence-corrected chi connectivity index (χ2v) is 5.20. The van der Waals surface area contributed by atoms with Crippen molar-refractivity contribution in [2.24, 2.45) is 5.73 Å². The van der Waals surface area contributed by atoms with E-state index < -0.39 is 0 Å². The number of rotatable bonds is 5. The minimum atomic E-state index is -0.343. The number of likely N-dealkylation sites (tertiary alicyclic amines) is 1. The molecule has 1 unspecified atom stereocenters. The van der Waals surface area contributed by atoms with Gasteiger partial charge in [0.25, 0.3) is 0 Å². The van der Waals surface area contributed by atoms with Crippen LogP contribution in [0.15, 0.2) is 24.3 Å². The summed E-state index contributed by atoms with van der Waals surface area (Å²) in [6.07, 6.45) is 2.46. The Hall–Kier alpha value is -1.95. The molecule has 0 aliphatic carbocycles. The molecule has 3 N–H and O–H groups in total. The Morgan fingerprint density at radius 1 is 1.43 bits per heavy atom. The lowest BCUT2D eigenvalue weighted by Crippen LogP contribution is -2.44. The smallest absolute Gasteiger partial charge is 0.242 e. The molecule has 0 bridgehead atoms. The fraction of sp³-hybridized carbons (Fsp3) is 0.467. The van der Waals surface area contributed by atoms with Crippen molar-refractivity contribution in [2.45, 2.75) is 25.3 Å². The second-order valence-electron chi connectivity index (χ2n) is 5.20. The number of amides is 2. The van der Waals surface area contributed by atoms with Crippen molar-refractivity contribution in [1.29, 1.82) is 0 Å². The minimum absolute atomic E-state index is 0.0321. The third-order valence-corrected chi connectivity index (χ3v) is 3.68. The largest absolute Gasteiger partial charge is 0.346 e. The Morgan fingerprint density at radius 2 is 2.24 bits per heavy atom. The lowest BCUT2D eigenvalue weighted by atomic mass is 10.0. The van der Waals surface area contributed by atoms with Gasteiger partial charge in [-0.05, 0) is 37.0 Å². The molecule has 1 atom stereocenters. The van der Waals surface area contributed by atoms with Gasteiger partial charge in [-0.1, -0.05) is 12.1 Å². The fourth-order valence-electron chi connectivity index (χ4n) is 2.66. The number of nitrogens with two attached hydrogens (primary N) is 1. The molecule has 2 rings (SSSR count). The van der Waals surface area contributed by atoms with Crippen LogP contribution in [0.3, 0.4) is 0 Å². The van der Waals surface area contributed by atoms with E-state index >= 15 is 0 Å². The Kier molecular flexibility index (Phi) is 5.27. The molecule has 0 aromatic heterocycles. The van der Waals surface area contributed by atoms with Gasteiger partial charge in [0.1, 0.15) is 5.82 Å². The molecule has 1 aromatic rings. The van der Waals surface area contributed by atoms with Crippen molar-refractivity contribution >= 4 is 11.8 Å². The molecule has 0 radical (unpaired) electrons. The van der Waals surface area contributed by atoms with Crippen molar-refractivity contribution in [3.8, 4) is 0 Å². The van der Waals surface area contributed by atoms with E-state index in [0.717, 1.165) is 18.4 Å². The highest BCUT2D eigenvalue weighted by molar-refractivity contribution is 5.85. The molecule has 1 aliphatic rings. The van der Waals surface area contributed by atoms with E-state index in [1.54, 1.807) is 11.0 Å². The highest BCUT2D eigenvalue weighted by Crippen LogP contribution is 2.21. The van der Waals surface area contributed by atoms with Crippen LogP contribution >= 0.6 is 0 Å². The summed E-state index contributed by atoms with van der Waals surface area (Å²) >= 11 is 0. The van der Waals surface area contributed by atoms with Crippen LogP contribution in [0.4, 0.5) is 4.39 Å². The van der Waals surface area contributed by atoms with Gasteiger partial charge >= 0.3 is 0 Å². The Morgan fingerprint density at radius 3 is 2.95 bits per heavy atom. The molecule has 5 nitrogen and oxygen atoms in total. The summed E-state index contributed by atoms with van der Waals surface area (Å²) in [5.74, 6) is -0.724. The molecule has 1 saturated heterocycles. The first-order chi connectivity index (χ1) is 10.1. The Balaban J connectivity index is 1.93. The van der Waals surface area contributed by atoms with Crippen LogP contribution in [0, 0.1) is 5.82 Å². The molecule has 1 aliphatic heterocycles. The van der Waals surface area contributed by atoms with E-state index in [1.165, 1.54) is 12.1 Å². The molecular weight excluding hydrogens is 273 g/mol. The average molecular weight is 293 g/mol. The zero-order valence-corrected chi connectivity index (χ0v) is 11.8. The number of nitrogens with zero attached hydrogens (tertiary/aromatic N) is 1. The molecule has 21 heavy (non-hydrogen) atoms. The summed E-state index contributed by atoms with van der Waals surface area (Å²) in [6.45, 7) is 0.521. The maximum absolute atomic E-state index is 13.2. The van der Waals surface area contributed by atoms with Crippen molar-refractivity contribution in [2.75, 3.05) is 19.6 Å². The van der Waals surface area contributed by atoms with Crippen LogP contribution in [0.2, 0.25) is 0 Å². The molecule has 1 aromatic carbocycles. The van der Waals surface area contributed by atoms with E-state index in [1.807, 2.05) is 6.07 Å². The van der Waals surface area contributed by atoms with Gasteiger partial charge in [-0.2, -0.15) is 0 Å². The van der Waals surface area contributed by atoms with Gasteiger partial charge in [-0.25, -0.2) is 4.39 Å². The number of carbonyl (C=O) groups is 2. The fourth-order valence-corrected chi connectivity index (χ4v) is 2.66. The van der Waals surface area contributed by atoms with Crippen LogP contribution in [0.5, 0.6) is 0 Å². The third-order valence-electron chi connectivity index (χ3n) is 3.68. The van der Waals surface area contributed by atoms with Crippen LogP contribution < -0.4 is 11.1 Å². The van der Waals surface area contributed by atoms with Crippen LogP contribution in [0.25, 0.3) is 0 Å². The van der Waals surface area contributed by atoms with Gasteiger partial charge in [0, 0.05) is 12.6 Å². The predicted molar refractivity (Wildman–Crippen MR) is 76.9 cm³/mol. The Labute approximate surface area is 123 Å². The monoisotopic (exact) mass is 293 g/mol. The van der Waals surface area contributed by atoms with Crippen molar-refractivity contribution in [3.05, 3.63) is 35.6 Å². The first-order valence-electron chi connectivity index (χ1n) is 7.11. The average Bonchev–Trinajstić information content (AvgIpc) is 2.92. The summed E-state index contributed by atoms with van der Waals surface area (Å²) in [5.41, 5.74) is 6.06. The number of benzene rings is 1. The number of hydrogen-bond acceptors (Lipinski definition) is 3. The number of halogens is 1. The maximum Gasteiger partial charge on any atom is 0.242 e. The summed E-state index contributed by atoms with van der Waals surface area (Å²) in [6, 6.07) is 6.50. The second kappa shape index (κ2) is 7.17. The number of nitrogens with one attached hydrogen (secondary N) is 1. The molecule has 1 fully saturated rings.